The Labute approximate surface area is 114 Å². The van der Waals surface area contributed by atoms with Gasteiger partial charge in [-0.05, 0) is 32.0 Å². The summed E-state index contributed by atoms with van der Waals surface area (Å²) in [7, 11) is 0. The SMILES string of the molecule is CCOC(=O)c1c(-c2ccc(F)cc2Cl)noc1C. The number of aromatic nitrogens is 1. The van der Waals surface area contributed by atoms with Gasteiger partial charge in [0.05, 0.1) is 11.6 Å². The molecule has 0 aliphatic carbocycles. The molecule has 2 rings (SSSR count). The number of hydrogen-bond donors (Lipinski definition) is 0. The molecule has 1 aromatic carbocycles. The normalized spacial score (nSPS) is 10.5. The van der Waals surface area contributed by atoms with E-state index in [-0.39, 0.29) is 22.9 Å². The molecule has 6 heteroatoms. The zero-order chi connectivity index (χ0) is 14.0. The summed E-state index contributed by atoms with van der Waals surface area (Å²) < 4.78 is 23.0. The average molecular weight is 284 g/mol. The minimum atomic E-state index is -0.545. The molecule has 0 saturated heterocycles. The van der Waals surface area contributed by atoms with Gasteiger partial charge in [-0.2, -0.15) is 0 Å². The number of benzene rings is 1. The van der Waals surface area contributed by atoms with Gasteiger partial charge >= 0.3 is 5.97 Å². The van der Waals surface area contributed by atoms with E-state index in [9.17, 15) is 9.18 Å². The van der Waals surface area contributed by atoms with Gasteiger partial charge in [0.15, 0.2) is 0 Å². The van der Waals surface area contributed by atoms with E-state index in [4.69, 9.17) is 20.9 Å². The first-order valence-corrected chi connectivity index (χ1v) is 6.01. The van der Waals surface area contributed by atoms with Gasteiger partial charge in [-0.1, -0.05) is 16.8 Å². The molecule has 1 aromatic heterocycles. The van der Waals surface area contributed by atoms with E-state index in [0.717, 1.165) is 6.07 Å². The second kappa shape index (κ2) is 5.40. The number of ether oxygens (including phenoxy) is 1. The van der Waals surface area contributed by atoms with Crippen LogP contribution in [-0.4, -0.2) is 17.7 Å². The number of aryl methyl sites for hydroxylation is 1. The van der Waals surface area contributed by atoms with Crippen LogP contribution in [0.2, 0.25) is 5.02 Å². The summed E-state index contributed by atoms with van der Waals surface area (Å²) in [4.78, 5) is 11.9. The van der Waals surface area contributed by atoms with Gasteiger partial charge in [0.25, 0.3) is 0 Å². The summed E-state index contributed by atoms with van der Waals surface area (Å²) in [5.74, 6) is -0.683. The Morgan fingerprint density at radius 1 is 1.53 bits per heavy atom. The lowest BCUT2D eigenvalue weighted by Gasteiger charge is -2.04. The maximum Gasteiger partial charge on any atom is 0.344 e. The Balaban J connectivity index is 2.54. The molecule has 0 atom stereocenters. The summed E-state index contributed by atoms with van der Waals surface area (Å²) in [6.07, 6.45) is 0. The van der Waals surface area contributed by atoms with Gasteiger partial charge < -0.3 is 9.26 Å². The summed E-state index contributed by atoms with van der Waals surface area (Å²) in [5, 5.41) is 3.95. The zero-order valence-electron chi connectivity index (χ0n) is 10.4. The first-order valence-electron chi connectivity index (χ1n) is 5.63. The van der Waals surface area contributed by atoms with Crippen molar-refractivity contribution in [3.05, 3.63) is 40.4 Å². The largest absolute Gasteiger partial charge is 0.462 e. The molecular weight excluding hydrogens is 273 g/mol. The first kappa shape index (κ1) is 13.5. The molecule has 2 aromatic rings. The van der Waals surface area contributed by atoms with E-state index in [2.05, 4.69) is 5.16 Å². The molecule has 0 unspecified atom stereocenters. The molecule has 0 aliphatic rings. The highest BCUT2D eigenvalue weighted by Crippen LogP contribution is 2.32. The number of esters is 1. The standard InChI is InChI=1S/C13H11ClFNO3/c1-3-18-13(17)11-7(2)19-16-12(11)9-5-4-8(15)6-10(9)14/h4-6H,3H2,1-2H3. The topological polar surface area (TPSA) is 52.3 Å². The van der Waals surface area contributed by atoms with E-state index in [1.165, 1.54) is 12.1 Å². The molecule has 0 fully saturated rings. The highest BCUT2D eigenvalue weighted by atomic mass is 35.5. The second-order valence-corrected chi connectivity index (χ2v) is 4.21. The lowest BCUT2D eigenvalue weighted by atomic mass is 10.1. The van der Waals surface area contributed by atoms with E-state index in [0.29, 0.717) is 11.3 Å². The van der Waals surface area contributed by atoms with Crippen LogP contribution < -0.4 is 0 Å². The summed E-state index contributed by atoms with van der Waals surface area (Å²) >= 11 is 5.95. The minimum Gasteiger partial charge on any atom is -0.462 e. The highest BCUT2D eigenvalue weighted by Gasteiger charge is 2.24. The van der Waals surface area contributed by atoms with Crippen LogP contribution in [0.15, 0.2) is 22.7 Å². The Kier molecular flexibility index (Phi) is 3.85. The van der Waals surface area contributed by atoms with Crippen molar-refractivity contribution in [2.75, 3.05) is 6.61 Å². The smallest absolute Gasteiger partial charge is 0.344 e. The first-order chi connectivity index (χ1) is 9.04. The van der Waals surface area contributed by atoms with Gasteiger partial charge in [0.1, 0.15) is 22.8 Å². The summed E-state index contributed by atoms with van der Waals surface area (Å²) in [6, 6.07) is 3.83. The fourth-order valence-corrected chi connectivity index (χ4v) is 1.94. The summed E-state index contributed by atoms with van der Waals surface area (Å²) in [5.41, 5.74) is 0.874. The number of rotatable bonds is 3. The second-order valence-electron chi connectivity index (χ2n) is 3.81. The van der Waals surface area contributed by atoms with Crippen LogP contribution in [0.4, 0.5) is 4.39 Å². The van der Waals surface area contributed by atoms with Crippen molar-refractivity contribution >= 4 is 17.6 Å². The van der Waals surface area contributed by atoms with Crippen molar-refractivity contribution in [2.24, 2.45) is 0 Å². The maximum atomic E-state index is 13.0. The van der Waals surface area contributed by atoms with E-state index >= 15 is 0 Å². The Bertz CT molecular complexity index is 624. The van der Waals surface area contributed by atoms with E-state index in [1.54, 1.807) is 13.8 Å². The van der Waals surface area contributed by atoms with Crippen molar-refractivity contribution in [1.29, 1.82) is 0 Å². The van der Waals surface area contributed by atoms with Gasteiger partial charge in [0.2, 0.25) is 0 Å². The van der Waals surface area contributed by atoms with Crippen molar-refractivity contribution < 1.29 is 18.4 Å². The van der Waals surface area contributed by atoms with E-state index in [1.807, 2.05) is 0 Å². The van der Waals surface area contributed by atoms with Crippen molar-refractivity contribution in [2.45, 2.75) is 13.8 Å². The molecule has 100 valence electrons. The van der Waals surface area contributed by atoms with Crippen molar-refractivity contribution in [1.82, 2.24) is 5.16 Å². The van der Waals surface area contributed by atoms with Gasteiger partial charge in [-0.15, -0.1) is 0 Å². The fourth-order valence-electron chi connectivity index (χ4n) is 1.68. The number of carbonyl (C=O) groups is 1. The molecule has 4 nitrogen and oxygen atoms in total. The van der Waals surface area contributed by atoms with Crippen LogP contribution in [0.25, 0.3) is 11.3 Å². The van der Waals surface area contributed by atoms with Crippen LogP contribution in [0.5, 0.6) is 0 Å². The highest BCUT2D eigenvalue weighted by molar-refractivity contribution is 6.33. The van der Waals surface area contributed by atoms with E-state index < -0.39 is 11.8 Å². The monoisotopic (exact) mass is 283 g/mol. The van der Waals surface area contributed by atoms with Crippen molar-refractivity contribution in [3.8, 4) is 11.3 Å². The predicted octanol–water partition coefficient (Wildman–Crippen LogP) is 3.62. The molecule has 0 bridgehead atoms. The van der Waals surface area contributed by atoms with Crippen molar-refractivity contribution in [3.63, 3.8) is 0 Å². The zero-order valence-corrected chi connectivity index (χ0v) is 11.1. The number of carbonyl (C=O) groups excluding carboxylic acids is 1. The molecule has 0 radical (unpaired) electrons. The Hall–Kier alpha value is -1.88. The molecule has 0 saturated carbocycles. The van der Waals surface area contributed by atoms with Gasteiger partial charge in [0, 0.05) is 5.56 Å². The third-order valence-electron chi connectivity index (χ3n) is 2.53. The molecule has 0 aliphatic heterocycles. The lowest BCUT2D eigenvalue weighted by molar-refractivity contribution is 0.0525. The Morgan fingerprint density at radius 2 is 2.26 bits per heavy atom. The number of nitrogens with zero attached hydrogens (tertiary/aromatic N) is 1. The van der Waals surface area contributed by atoms with Crippen LogP contribution in [-0.2, 0) is 4.74 Å². The molecule has 0 amide bonds. The summed E-state index contributed by atoms with van der Waals surface area (Å²) in [6.45, 7) is 3.53. The number of hydrogen-bond acceptors (Lipinski definition) is 4. The predicted molar refractivity (Wildman–Crippen MR) is 67.6 cm³/mol. The number of halogens is 2. The molecule has 0 N–H and O–H groups in total. The quantitative estimate of drug-likeness (QED) is 0.807. The minimum absolute atomic E-state index is 0.152. The average Bonchev–Trinajstić information content (AvgIpc) is 2.71. The molecule has 19 heavy (non-hydrogen) atoms. The van der Waals surface area contributed by atoms with Crippen LogP contribution in [0.1, 0.15) is 23.0 Å². The molecule has 1 heterocycles. The van der Waals surface area contributed by atoms with Crippen LogP contribution in [0, 0.1) is 12.7 Å². The van der Waals surface area contributed by atoms with Crippen LogP contribution >= 0.6 is 11.6 Å². The van der Waals surface area contributed by atoms with Crippen LogP contribution in [0.3, 0.4) is 0 Å². The fraction of sp³-hybridized carbons (Fsp3) is 0.231. The molecular formula is C13H11ClFNO3. The van der Waals surface area contributed by atoms with Gasteiger partial charge in [-0.3, -0.25) is 0 Å². The lowest BCUT2D eigenvalue weighted by Crippen LogP contribution is -2.06. The third kappa shape index (κ3) is 2.61. The Morgan fingerprint density at radius 3 is 2.89 bits per heavy atom. The molecule has 0 spiro atoms. The maximum absolute atomic E-state index is 13.0. The third-order valence-corrected chi connectivity index (χ3v) is 2.84. The van der Waals surface area contributed by atoms with Gasteiger partial charge in [-0.25, -0.2) is 9.18 Å².